The summed E-state index contributed by atoms with van der Waals surface area (Å²) in [6.07, 6.45) is 0. The summed E-state index contributed by atoms with van der Waals surface area (Å²) in [4.78, 5) is 10.7. The van der Waals surface area contributed by atoms with Crippen molar-refractivity contribution in [3.05, 3.63) is 63.7 Å². The van der Waals surface area contributed by atoms with Crippen LogP contribution in [0.1, 0.15) is 18.1 Å². The lowest BCUT2D eigenvalue weighted by molar-refractivity contribution is -0.384. The molecule has 1 N–H and O–H groups in total. The lowest BCUT2D eigenvalue weighted by Crippen LogP contribution is -2.03. The molecule has 0 aliphatic carbocycles. The Bertz CT molecular complexity index is 641. The summed E-state index contributed by atoms with van der Waals surface area (Å²) in [5, 5.41) is 14.2. The van der Waals surface area contributed by atoms with Crippen molar-refractivity contribution in [2.75, 3.05) is 11.9 Å². The Balaban J connectivity index is 2.14. The molecule has 0 saturated heterocycles. The van der Waals surface area contributed by atoms with Crippen LogP contribution >= 0.6 is 0 Å². The zero-order chi connectivity index (χ0) is 15.2. The number of ether oxygens (including phenoxy) is 1. The lowest BCUT2D eigenvalue weighted by Gasteiger charge is -2.09. The summed E-state index contributed by atoms with van der Waals surface area (Å²) in [6.45, 7) is 4.96. The highest BCUT2D eigenvalue weighted by atomic mass is 16.6. The number of hydrogen-bond donors (Lipinski definition) is 1. The molecule has 0 aliphatic rings. The van der Waals surface area contributed by atoms with Gasteiger partial charge >= 0.3 is 0 Å². The van der Waals surface area contributed by atoms with Crippen molar-refractivity contribution in [3.8, 4) is 5.75 Å². The quantitative estimate of drug-likeness (QED) is 0.646. The SMILES string of the molecule is CCOc1cccc(CNc2cc(C)ccc2[N+](=O)[O-])c1. The van der Waals surface area contributed by atoms with Crippen molar-refractivity contribution in [2.24, 2.45) is 0 Å². The minimum Gasteiger partial charge on any atom is -0.494 e. The molecule has 5 heteroatoms. The zero-order valence-electron chi connectivity index (χ0n) is 12.1. The summed E-state index contributed by atoms with van der Waals surface area (Å²) in [5.74, 6) is 0.801. The van der Waals surface area contributed by atoms with Crippen LogP contribution in [-0.4, -0.2) is 11.5 Å². The number of anilines is 1. The third-order valence-electron chi connectivity index (χ3n) is 3.04. The first-order valence-corrected chi connectivity index (χ1v) is 6.81. The Hall–Kier alpha value is -2.56. The number of benzene rings is 2. The van der Waals surface area contributed by atoms with E-state index in [0.29, 0.717) is 18.8 Å². The summed E-state index contributed by atoms with van der Waals surface area (Å²) in [6, 6.07) is 12.7. The zero-order valence-corrected chi connectivity index (χ0v) is 12.1. The molecule has 0 aromatic heterocycles. The molecule has 0 radical (unpaired) electrons. The van der Waals surface area contributed by atoms with E-state index in [9.17, 15) is 10.1 Å². The molecule has 0 aliphatic heterocycles. The van der Waals surface area contributed by atoms with Gasteiger partial charge in [0.2, 0.25) is 0 Å². The van der Waals surface area contributed by atoms with Gasteiger partial charge in [0.25, 0.3) is 5.69 Å². The van der Waals surface area contributed by atoms with Gasteiger partial charge in [-0.05, 0) is 43.2 Å². The van der Waals surface area contributed by atoms with E-state index in [1.54, 1.807) is 12.1 Å². The number of nitrogens with one attached hydrogen (secondary N) is 1. The van der Waals surface area contributed by atoms with Crippen molar-refractivity contribution >= 4 is 11.4 Å². The van der Waals surface area contributed by atoms with Gasteiger partial charge in [0.15, 0.2) is 0 Å². The molecule has 0 saturated carbocycles. The first-order chi connectivity index (χ1) is 10.1. The maximum atomic E-state index is 11.0. The van der Waals surface area contributed by atoms with Crippen molar-refractivity contribution in [3.63, 3.8) is 0 Å². The number of nitro groups is 1. The van der Waals surface area contributed by atoms with Crippen LogP contribution in [-0.2, 0) is 6.54 Å². The van der Waals surface area contributed by atoms with Crippen LogP contribution < -0.4 is 10.1 Å². The molecular weight excluding hydrogens is 268 g/mol. The molecule has 0 spiro atoms. The molecule has 5 nitrogen and oxygen atoms in total. The van der Waals surface area contributed by atoms with Crippen LogP contribution in [0.25, 0.3) is 0 Å². The average molecular weight is 286 g/mol. The van der Waals surface area contributed by atoms with E-state index in [4.69, 9.17) is 4.74 Å². The topological polar surface area (TPSA) is 64.4 Å². The van der Waals surface area contributed by atoms with E-state index in [2.05, 4.69) is 5.32 Å². The average Bonchev–Trinajstić information content (AvgIpc) is 2.45. The monoisotopic (exact) mass is 286 g/mol. The van der Waals surface area contributed by atoms with Crippen LogP contribution in [0, 0.1) is 17.0 Å². The molecule has 110 valence electrons. The Morgan fingerprint density at radius 3 is 2.76 bits per heavy atom. The summed E-state index contributed by atoms with van der Waals surface area (Å²) >= 11 is 0. The largest absolute Gasteiger partial charge is 0.494 e. The second-order valence-electron chi connectivity index (χ2n) is 4.71. The Morgan fingerprint density at radius 1 is 1.24 bits per heavy atom. The van der Waals surface area contributed by atoms with Gasteiger partial charge < -0.3 is 10.1 Å². The van der Waals surface area contributed by atoms with Crippen molar-refractivity contribution < 1.29 is 9.66 Å². The highest BCUT2D eigenvalue weighted by molar-refractivity contribution is 5.62. The fourth-order valence-electron chi connectivity index (χ4n) is 2.06. The minimum atomic E-state index is -0.377. The van der Waals surface area contributed by atoms with Gasteiger partial charge in [0.05, 0.1) is 11.5 Å². The van der Waals surface area contributed by atoms with Gasteiger partial charge in [-0.15, -0.1) is 0 Å². The van der Waals surface area contributed by atoms with Crippen LogP contribution in [0.4, 0.5) is 11.4 Å². The summed E-state index contributed by atoms with van der Waals surface area (Å²) in [7, 11) is 0. The van der Waals surface area contributed by atoms with Gasteiger partial charge in [-0.3, -0.25) is 10.1 Å². The van der Waals surface area contributed by atoms with Crippen LogP contribution in [0.2, 0.25) is 0 Å². The minimum absolute atomic E-state index is 0.0848. The van der Waals surface area contributed by atoms with Crippen LogP contribution in [0.5, 0.6) is 5.75 Å². The molecule has 0 atom stereocenters. The highest BCUT2D eigenvalue weighted by Crippen LogP contribution is 2.26. The molecule has 21 heavy (non-hydrogen) atoms. The molecule has 0 fully saturated rings. The van der Waals surface area contributed by atoms with E-state index in [-0.39, 0.29) is 10.6 Å². The maximum absolute atomic E-state index is 11.0. The van der Waals surface area contributed by atoms with Gasteiger partial charge in [0.1, 0.15) is 11.4 Å². The van der Waals surface area contributed by atoms with Crippen molar-refractivity contribution in [1.29, 1.82) is 0 Å². The first-order valence-electron chi connectivity index (χ1n) is 6.81. The Morgan fingerprint density at radius 2 is 2.05 bits per heavy atom. The second-order valence-corrected chi connectivity index (χ2v) is 4.71. The fraction of sp³-hybridized carbons (Fsp3) is 0.250. The second kappa shape index (κ2) is 6.74. The number of nitrogens with zero attached hydrogens (tertiary/aromatic N) is 1. The van der Waals surface area contributed by atoms with E-state index in [1.165, 1.54) is 6.07 Å². The van der Waals surface area contributed by atoms with Gasteiger partial charge in [-0.1, -0.05) is 18.2 Å². The number of rotatable bonds is 6. The summed E-state index contributed by atoms with van der Waals surface area (Å²) in [5.41, 5.74) is 2.60. The Labute approximate surface area is 123 Å². The molecule has 2 aromatic carbocycles. The molecule has 0 unspecified atom stereocenters. The third-order valence-corrected chi connectivity index (χ3v) is 3.04. The third kappa shape index (κ3) is 3.95. The number of aryl methyl sites for hydroxylation is 1. The molecule has 2 aromatic rings. The maximum Gasteiger partial charge on any atom is 0.292 e. The van der Waals surface area contributed by atoms with E-state index in [1.807, 2.05) is 38.1 Å². The fourth-order valence-corrected chi connectivity index (χ4v) is 2.06. The molecule has 2 rings (SSSR count). The molecular formula is C16H18N2O3. The lowest BCUT2D eigenvalue weighted by atomic mass is 10.1. The van der Waals surface area contributed by atoms with E-state index >= 15 is 0 Å². The molecule has 0 bridgehead atoms. The summed E-state index contributed by atoms with van der Waals surface area (Å²) < 4.78 is 5.44. The van der Waals surface area contributed by atoms with Crippen LogP contribution in [0.3, 0.4) is 0 Å². The molecule has 0 amide bonds. The smallest absolute Gasteiger partial charge is 0.292 e. The highest BCUT2D eigenvalue weighted by Gasteiger charge is 2.13. The van der Waals surface area contributed by atoms with Gasteiger partial charge in [0, 0.05) is 12.6 Å². The number of hydrogen-bond acceptors (Lipinski definition) is 4. The normalized spacial score (nSPS) is 10.2. The standard InChI is InChI=1S/C16H18N2O3/c1-3-21-14-6-4-5-13(10-14)11-17-15-9-12(2)7-8-16(15)18(19)20/h4-10,17H,3,11H2,1-2H3. The molecule has 0 heterocycles. The predicted molar refractivity (Wildman–Crippen MR) is 82.8 cm³/mol. The van der Waals surface area contributed by atoms with Crippen molar-refractivity contribution in [1.82, 2.24) is 0 Å². The van der Waals surface area contributed by atoms with Crippen molar-refractivity contribution in [2.45, 2.75) is 20.4 Å². The van der Waals surface area contributed by atoms with Gasteiger partial charge in [-0.25, -0.2) is 0 Å². The van der Waals surface area contributed by atoms with Gasteiger partial charge in [-0.2, -0.15) is 0 Å². The van der Waals surface area contributed by atoms with E-state index in [0.717, 1.165) is 16.9 Å². The number of nitro benzene ring substituents is 1. The Kier molecular flexibility index (Phi) is 4.77. The first kappa shape index (κ1) is 14.8. The van der Waals surface area contributed by atoms with Crippen LogP contribution in [0.15, 0.2) is 42.5 Å². The van der Waals surface area contributed by atoms with E-state index < -0.39 is 0 Å². The predicted octanol–water partition coefficient (Wildman–Crippen LogP) is 3.91.